The summed E-state index contributed by atoms with van der Waals surface area (Å²) in [7, 11) is 0. The molecule has 0 atom stereocenters. The normalized spacial score (nSPS) is 11.6. The Hall–Kier alpha value is -0.0587. The summed E-state index contributed by atoms with van der Waals surface area (Å²) >= 11 is 0. The van der Waals surface area contributed by atoms with E-state index in [0.29, 0.717) is 12.8 Å². The molecule has 0 unspecified atom stereocenters. The van der Waals surface area contributed by atoms with Crippen LogP contribution in [0, 0.1) is 11.3 Å². The standard InChI is InChI=1S/C12H12BF3N.K/c1-10(4-2-3-9-17)11-5-7-12(8-6-11)13(14,15)16;/h4-8H,2-3H2,1H3;/q-1;+1/b10-4-;. The third-order valence-electron chi connectivity index (χ3n) is 2.45. The van der Waals surface area contributed by atoms with E-state index in [-0.39, 0.29) is 51.4 Å². The van der Waals surface area contributed by atoms with Crippen molar-refractivity contribution in [2.75, 3.05) is 0 Å². The van der Waals surface area contributed by atoms with Crippen LogP contribution in [0.25, 0.3) is 5.57 Å². The van der Waals surface area contributed by atoms with E-state index >= 15 is 0 Å². The second-order valence-electron chi connectivity index (χ2n) is 3.78. The molecule has 0 aromatic heterocycles. The molecule has 0 amide bonds. The Morgan fingerprint density at radius 1 is 1.28 bits per heavy atom. The van der Waals surface area contributed by atoms with Crippen LogP contribution in [0.5, 0.6) is 0 Å². The zero-order valence-corrected chi connectivity index (χ0v) is 13.6. The van der Waals surface area contributed by atoms with Crippen molar-refractivity contribution in [1.82, 2.24) is 0 Å². The van der Waals surface area contributed by atoms with Gasteiger partial charge < -0.3 is 12.9 Å². The molecule has 0 saturated heterocycles. The molecule has 0 heterocycles. The van der Waals surface area contributed by atoms with Crippen molar-refractivity contribution >= 4 is 18.0 Å². The van der Waals surface area contributed by atoms with Gasteiger partial charge in [-0.1, -0.05) is 30.3 Å². The van der Waals surface area contributed by atoms with Crippen molar-refractivity contribution in [3.63, 3.8) is 0 Å². The van der Waals surface area contributed by atoms with E-state index in [4.69, 9.17) is 5.26 Å². The molecular weight excluding hydrogens is 265 g/mol. The molecule has 0 saturated carbocycles. The fourth-order valence-electron chi connectivity index (χ4n) is 1.44. The summed E-state index contributed by atoms with van der Waals surface area (Å²) in [5.41, 5.74) is 1.06. The SMILES string of the molecule is C/C(=C/CCC#N)c1ccc([B-](F)(F)F)cc1.[K+]. The van der Waals surface area contributed by atoms with Gasteiger partial charge in [-0.15, -0.1) is 5.46 Å². The zero-order chi connectivity index (χ0) is 12.9. The molecule has 0 aliphatic rings. The summed E-state index contributed by atoms with van der Waals surface area (Å²) in [5, 5.41) is 8.37. The number of hydrogen-bond acceptors (Lipinski definition) is 1. The fourth-order valence-corrected chi connectivity index (χ4v) is 1.44. The fraction of sp³-hybridized carbons (Fsp3) is 0.250. The zero-order valence-electron chi connectivity index (χ0n) is 10.5. The Morgan fingerprint density at radius 2 is 1.83 bits per heavy atom. The third-order valence-corrected chi connectivity index (χ3v) is 2.45. The summed E-state index contributed by atoms with van der Waals surface area (Å²) in [4.78, 5) is 0. The minimum atomic E-state index is -4.92. The number of allylic oxidation sites excluding steroid dienone is 2. The maximum absolute atomic E-state index is 12.4. The van der Waals surface area contributed by atoms with Gasteiger partial charge >= 0.3 is 58.4 Å². The molecule has 18 heavy (non-hydrogen) atoms. The Balaban J connectivity index is 0.00000289. The minimum absolute atomic E-state index is 0. The van der Waals surface area contributed by atoms with Gasteiger partial charge in [-0.3, -0.25) is 0 Å². The minimum Gasteiger partial charge on any atom is -0.445 e. The number of halogens is 3. The van der Waals surface area contributed by atoms with Crippen LogP contribution in [0.3, 0.4) is 0 Å². The van der Waals surface area contributed by atoms with E-state index in [2.05, 4.69) is 0 Å². The largest absolute Gasteiger partial charge is 1.00 e. The average Bonchev–Trinajstić information content (AvgIpc) is 2.28. The van der Waals surface area contributed by atoms with Crippen molar-refractivity contribution in [2.24, 2.45) is 0 Å². The van der Waals surface area contributed by atoms with E-state index in [9.17, 15) is 12.9 Å². The van der Waals surface area contributed by atoms with Gasteiger partial charge in [0.05, 0.1) is 6.07 Å². The molecule has 1 aromatic carbocycles. The molecule has 0 fully saturated rings. The van der Waals surface area contributed by atoms with Crippen LogP contribution in [0.15, 0.2) is 30.3 Å². The van der Waals surface area contributed by atoms with Crippen molar-refractivity contribution in [3.8, 4) is 6.07 Å². The number of benzene rings is 1. The number of nitriles is 1. The molecule has 0 bridgehead atoms. The van der Waals surface area contributed by atoms with Crippen LogP contribution in [-0.4, -0.2) is 6.98 Å². The van der Waals surface area contributed by atoms with Gasteiger partial charge in [-0.05, 0) is 24.5 Å². The van der Waals surface area contributed by atoms with Crippen LogP contribution in [0.2, 0.25) is 0 Å². The average molecular weight is 277 g/mol. The van der Waals surface area contributed by atoms with Crippen LogP contribution in [0.1, 0.15) is 25.3 Å². The van der Waals surface area contributed by atoms with Crippen LogP contribution in [0.4, 0.5) is 12.9 Å². The molecule has 0 spiro atoms. The molecule has 0 aliphatic carbocycles. The number of hydrogen-bond donors (Lipinski definition) is 0. The molecule has 6 heteroatoms. The molecular formula is C12H12BF3KN. The summed E-state index contributed by atoms with van der Waals surface area (Å²) in [6.45, 7) is -3.10. The van der Waals surface area contributed by atoms with Crippen LogP contribution >= 0.6 is 0 Å². The number of nitrogens with zero attached hydrogens (tertiary/aromatic N) is 1. The monoisotopic (exact) mass is 277 g/mol. The maximum atomic E-state index is 12.4. The van der Waals surface area contributed by atoms with Crippen molar-refractivity contribution < 1.29 is 64.3 Å². The van der Waals surface area contributed by atoms with Gasteiger partial charge in [0.2, 0.25) is 0 Å². The van der Waals surface area contributed by atoms with E-state index in [0.717, 1.165) is 23.3 Å². The maximum Gasteiger partial charge on any atom is 1.00 e. The molecule has 0 radical (unpaired) electrons. The molecule has 1 rings (SSSR count). The van der Waals surface area contributed by atoms with E-state index in [1.54, 1.807) is 0 Å². The van der Waals surface area contributed by atoms with Gasteiger partial charge in [0.1, 0.15) is 0 Å². The Labute approximate surface area is 148 Å². The van der Waals surface area contributed by atoms with Gasteiger partial charge in [-0.25, -0.2) is 0 Å². The Kier molecular flexibility index (Phi) is 8.15. The van der Waals surface area contributed by atoms with Gasteiger partial charge in [0, 0.05) is 6.42 Å². The van der Waals surface area contributed by atoms with Crippen LogP contribution in [-0.2, 0) is 0 Å². The van der Waals surface area contributed by atoms with E-state index in [1.807, 2.05) is 19.1 Å². The topological polar surface area (TPSA) is 23.8 Å². The molecule has 90 valence electrons. The Morgan fingerprint density at radius 3 is 2.28 bits per heavy atom. The first kappa shape index (κ1) is 17.9. The van der Waals surface area contributed by atoms with Gasteiger partial charge in [0.15, 0.2) is 0 Å². The predicted octanol–water partition coefficient (Wildman–Crippen LogP) is 0.452. The summed E-state index contributed by atoms with van der Waals surface area (Å²) < 4.78 is 37.1. The first-order valence-electron chi connectivity index (χ1n) is 5.29. The van der Waals surface area contributed by atoms with E-state index < -0.39 is 12.4 Å². The first-order chi connectivity index (χ1) is 7.95. The number of rotatable bonds is 4. The Bertz CT molecular complexity index is 446. The molecule has 1 aromatic rings. The van der Waals surface area contributed by atoms with Gasteiger partial charge in [0.25, 0.3) is 0 Å². The molecule has 0 aliphatic heterocycles. The number of unbranched alkanes of at least 4 members (excludes halogenated alkanes) is 1. The van der Waals surface area contributed by atoms with Crippen molar-refractivity contribution in [3.05, 3.63) is 35.9 Å². The summed E-state index contributed by atoms with van der Waals surface area (Å²) in [6, 6.07) is 7.12. The first-order valence-corrected chi connectivity index (χ1v) is 5.29. The van der Waals surface area contributed by atoms with Gasteiger partial charge in [-0.2, -0.15) is 5.26 Å². The second-order valence-corrected chi connectivity index (χ2v) is 3.78. The second kappa shape index (κ2) is 8.18. The summed E-state index contributed by atoms with van der Waals surface area (Å²) in [5.74, 6) is 0. The quantitative estimate of drug-likeness (QED) is 0.579. The van der Waals surface area contributed by atoms with Crippen LogP contribution < -0.4 is 56.8 Å². The smallest absolute Gasteiger partial charge is 0.445 e. The summed E-state index contributed by atoms with van der Waals surface area (Å²) in [6.07, 6.45) is 2.89. The van der Waals surface area contributed by atoms with E-state index in [1.165, 1.54) is 12.1 Å². The molecule has 0 N–H and O–H groups in total. The van der Waals surface area contributed by atoms with Crippen molar-refractivity contribution in [2.45, 2.75) is 19.8 Å². The molecule has 1 nitrogen and oxygen atoms in total. The van der Waals surface area contributed by atoms with Crippen molar-refractivity contribution in [1.29, 1.82) is 5.26 Å². The predicted molar refractivity (Wildman–Crippen MR) is 63.7 cm³/mol. The third kappa shape index (κ3) is 5.72.